The van der Waals surface area contributed by atoms with Crippen LogP contribution in [0.25, 0.3) is 0 Å². The minimum atomic E-state index is -2.49. The number of allylic oxidation sites excluding steroid dienone is 2. The van der Waals surface area contributed by atoms with Gasteiger partial charge in [-0.05, 0) is 12.2 Å². The minimum absolute atomic E-state index is 0.159. The van der Waals surface area contributed by atoms with Crippen molar-refractivity contribution in [3.05, 3.63) is 23.3 Å². The lowest BCUT2D eigenvalue weighted by molar-refractivity contribution is -0.0520. The molecule has 0 amide bonds. The van der Waals surface area contributed by atoms with Gasteiger partial charge in [-0.1, -0.05) is 17.7 Å². The van der Waals surface area contributed by atoms with E-state index in [0.29, 0.717) is 0 Å². The molecule has 2 nitrogen and oxygen atoms in total. The topological polar surface area (TPSA) is 46.2 Å². The van der Waals surface area contributed by atoms with Crippen LogP contribution in [0.1, 0.15) is 0 Å². The van der Waals surface area contributed by atoms with E-state index in [1.807, 2.05) is 0 Å². The number of aliphatic hydroxyl groups is 1. The molecule has 56 valence electrons. The molecule has 4 heteroatoms. The van der Waals surface area contributed by atoms with Crippen LogP contribution < -0.4 is 5.73 Å². The summed E-state index contributed by atoms with van der Waals surface area (Å²) in [5.74, 6) is -2.49. The second-order valence-corrected chi connectivity index (χ2v) is 2.58. The standard InChI is InChI=1S/C6H7ClFNO/c7-4-1-2-5(9)6(8,10)3-4/h1-3,5,10H,9H2. The molecule has 0 saturated heterocycles. The Morgan fingerprint density at radius 1 is 1.80 bits per heavy atom. The molecule has 10 heavy (non-hydrogen) atoms. The van der Waals surface area contributed by atoms with Crippen LogP contribution in [-0.2, 0) is 0 Å². The van der Waals surface area contributed by atoms with Gasteiger partial charge >= 0.3 is 0 Å². The molecule has 2 unspecified atom stereocenters. The van der Waals surface area contributed by atoms with Crippen molar-refractivity contribution in [2.75, 3.05) is 0 Å². The zero-order valence-corrected chi connectivity index (χ0v) is 5.85. The van der Waals surface area contributed by atoms with Crippen LogP contribution in [0.2, 0.25) is 0 Å². The number of nitrogens with two attached hydrogens (primary N) is 1. The van der Waals surface area contributed by atoms with Crippen molar-refractivity contribution in [3.63, 3.8) is 0 Å². The lowest BCUT2D eigenvalue weighted by Crippen LogP contribution is -2.42. The van der Waals surface area contributed by atoms with Gasteiger partial charge in [0.15, 0.2) is 0 Å². The molecule has 0 fully saturated rings. The Morgan fingerprint density at radius 2 is 2.40 bits per heavy atom. The van der Waals surface area contributed by atoms with Crippen LogP contribution in [0.4, 0.5) is 4.39 Å². The van der Waals surface area contributed by atoms with Crippen LogP contribution in [-0.4, -0.2) is 17.0 Å². The molecule has 0 aliphatic heterocycles. The van der Waals surface area contributed by atoms with Crippen LogP contribution in [0.15, 0.2) is 23.3 Å². The molecule has 0 radical (unpaired) electrons. The van der Waals surface area contributed by atoms with Crippen molar-refractivity contribution < 1.29 is 9.50 Å². The fraction of sp³-hybridized carbons (Fsp3) is 0.333. The van der Waals surface area contributed by atoms with Gasteiger partial charge in [-0.2, -0.15) is 0 Å². The largest absolute Gasteiger partial charge is 0.357 e. The summed E-state index contributed by atoms with van der Waals surface area (Å²) in [7, 11) is 0. The van der Waals surface area contributed by atoms with Crippen molar-refractivity contribution in [1.82, 2.24) is 0 Å². The second-order valence-electron chi connectivity index (χ2n) is 2.14. The fourth-order valence-corrected chi connectivity index (χ4v) is 0.894. The Morgan fingerprint density at radius 3 is 2.80 bits per heavy atom. The summed E-state index contributed by atoms with van der Waals surface area (Å²) < 4.78 is 12.7. The summed E-state index contributed by atoms with van der Waals surface area (Å²) in [4.78, 5) is 0. The van der Waals surface area contributed by atoms with Crippen molar-refractivity contribution in [1.29, 1.82) is 0 Å². The Kier molecular flexibility index (Phi) is 1.81. The van der Waals surface area contributed by atoms with E-state index in [1.54, 1.807) is 0 Å². The molecule has 0 aromatic heterocycles. The molecule has 0 bridgehead atoms. The van der Waals surface area contributed by atoms with Gasteiger partial charge in [0.1, 0.15) is 0 Å². The number of hydrogen-bond donors (Lipinski definition) is 2. The number of hydrogen-bond acceptors (Lipinski definition) is 2. The number of alkyl halides is 1. The average molecular weight is 164 g/mol. The molecule has 3 N–H and O–H groups in total. The highest BCUT2D eigenvalue weighted by atomic mass is 35.5. The van der Waals surface area contributed by atoms with E-state index in [2.05, 4.69) is 0 Å². The third-order valence-electron chi connectivity index (χ3n) is 1.27. The maximum absolute atomic E-state index is 12.7. The lowest BCUT2D eigenvalue weighted by Gasteiger charge is -2.22. The summed E-state index contributed by atoms with van der Waals surface area (Å²) in [5, 5.41) is 8.97. The zero-order valence-electron chi connectivity index (χ0n) is 5.09. The predicted octanol–water partition coefficient (Wildman–Crippen LogP) is 0.664. The molecule has 1 rings (SSSR count). The molecule has 0 saturated carbocycles. The molecular formula is C6H7ClFNO. The van der Waals surface area contributed by atoms with Crippen molar-refractivity contribution >= 4 is 11.6 Å². The van der Waals surface area contributed by atoms with Gasteiger partial charge in [0.2, 0.25) is 5.85 Å². The highest BCUT2D eigenvalue weighted by Crippen LogP contribution is 2.23. The van der Waals surface area contributed by atoms with Crippen molar-refractivity contribution in [2.24, 2.45) is 5.73 Å². The van der Waals surface area contributed by atoms with Crippen molar-refractivity contribution in [2.45, 2.75) is 11.9 Å². The van der Waals surface area contributed by atoms with Gasteiger partial charge in [-0.25, -0.2) is 4.39 Å². The van der Waals surface area contributed by atoms with Gasteiger partial charge < -0.3 is 10.8 Å². The summed E-state index contributed by atoms with van der Waals surface area (Å²) in [6.45, 7) is 0. The third kappa shape index (κ3) is 1.37. The van der Waals surface area contributed by atoms with Crippen LogP contribution in [0, 0.1) is 0 Å². The molecule has 2 atom stereocenters. The zero-order chi connectivity index (χ0) is 7.78. The quantitative estimate of drug-likeness (QED) is 0.551. The smallest absolute Gasteiger partial charge is 0.246 e. The monoisotopic (exact) mass is 163 g/mol. The van der Waals surface area contributed by atoms with E-state index < -0.39 is 11.9 Å². The molecule has 0 aromatic carbocycles. The molecule has 1 aliphatic rings. The van der Waals surface area contributed by atoms with E-state index in [0.717, 1.165) is 6.08 Å². The second kappa shape index (κ2) is 2.34. The fourth-order valence-electron chi connectivity index (χ4n) is 0.668. The summed E-state index contributed by atoms with van der Waals surface area (Å²) >= 11 is 5.39. The van der Waals surface area contributed by atoms with Crippen LogP contribution >= 0.6 is 11.6 Å². The maximum atomic E-state index is 12.7. The van der Waals surface area contributed by atoms with Crippen LogP contribution in [0.5, 0.6) is 0 Å². The highest BCUT2D eigenvalue weighted by Gasteiger charge is 2.32. The first-order chi connectivity index (χ1) is 4.52. The summed E-state index contributed by atoms with van der Waals surface area (Å²) in [5.41, 5.74) is 5.16. The Bertz CT molecular complexity index is 200. The first-order valence-electron chi connectivity index (χ1n) is 2.76. The molecule has 1 aliphatic carbocycles. The highest BCUT2D eigenvalue weighted by molar-refractivity contribution is 6.31. The number of halogens is 2. The van der Waals surface area contributed by atoms with E-state index in [9.17, 15) is 4.39 Å². The first kappa shape index (κ1) is 7.72. The van der Waals surface area contributed by atoms with E-state index in [-0.39, 0.29) is 5.03 Å². The average Bonchev–Trinajstić information content (AvgIpc) is 1.78. The first-order valence-corrected chi connectivity index (χ1v) is 3.13. The Labute approximate surface area is 62.8 Å². The van der Waals surface area contributed by atoms with Gasteiger partial charge in [0.25, 0.3) is 0 Å². The summed E-state index contributed by atoms with van der Waals surface area (Å²) in [6, 6.07) is -1.02. The van der Waals surface area contributed by atoms with E-state index in [1.165, 1.54) is 12.2 Å². The van der Waals surface area contributed by atoms with E-state index >= 15 is 0 Å². The molecular weight excluding hydrogens is 157 g/mol. The molecule has 0 heterocycles. The van der Waals surface area contributed by atoms with Gasteiger partial charge in [0, 0.05) is 5.03 Å². The van der Waals surface area contributed by atoms with Gasteiger partial charge in [-0.3, -0.25) is 0 Å². The lowest BCUT2D eigenvalue weighted by atomic mass is 10.0. The van der Waals surface area contributed by atoms with Crippen molar-refractivity contribution in [3.8, 4) is 0 Å². The summed E-state index contributed by atoms with van der Waals surface area (Å²) in [6.07, 6.45) is 3.63. The molecule has 0 aromatic rings. The normalized spacial score (nSPS) is 39.6. The van der Waals surface area contributed by atoms with Gasteiger partial charge in [0.05, 0.1) is 6.04 Å². The maximum Gasteiger partial charge on any atom is 0.246 e. The molecule has 0 spiro atoms. The van der Waals surface area contributed by atoms with Gasteiger partial charge in [-0.15, -0.1) is 0 Å². The predicted molar refractivity (Wildman–Crippen MR) is 37.1 cm³/mol. The minimum Gasteiger partial charge on any atom is -0.357 e. The number of rotatable bonds is 0. The third-order valence-corrected chi connectivity index (χ3v) is 1.51. The SMILES string of the molecule is NC1C=CC(Cl)=CC1(O)F. The van der Waals surface area contributed by atoms with E-state index in [4.69, 9.17) is 22.4 Å². The van der Waals surface area contributed by atoms with Crippen LogP contribution in [0.3, 0.4) is 0 Å². The Balaban J connectivity index is 2.88. The Hall–Kier alpha value is -0.380.